The first-order valence-electron chi connectivity index (χ1n) is 9.38. The molecule has 2 atom stereocenters. The molecule has 1 fully saturated rings. The van der Waals surface area contributed by atoms with Crippen LogP contribution in [0.1, 0.15) is 51.2 Å². The first-order chi connectivity index (χ1) is 12.6. The summed E-state index contributed by atoms with van der Waals surface area (Å²) in [6.45, 7) is 6.56. The summed E-state index contributed by atoms with van der Waals surface area (Å²) in [6.07, 6.45) is 1.16. The summed E-state index contributed by atoms with van der Waals surface area (Å²) in [5, 5.41) is 13.8. The van der Waals surface area contributed by atoms with E-state index in [0.29, 0.717) is 31.1 Å². The molecule has 1 aliphatic heterocycles. The molecule has 1 aromatic rings. The molecule has 150 valence electrons. The van der Waals surface area contributed by atoms with Gasteiger partial charge in [-0.15, -0.1) is 0 Å². The molecule has 2 amide bonds. The average Bonchev–Trinajstić information content (AvgIpc) is 2.64. The lowest BCUT2D eigenvalue weighted by molar-refractivity contribution is -0.153. The summed E-state index contributed by atoms with van der Waals surface area (Å²) in [5.74, 6) is -0.597. The Morgan fingerprint density at radius 3 is 2.67 bits per heavy atom. The number of hydrogen-bond donors (Lipinski definition) is 3. The molecular formula is C20H30ClN3O3. The predicted molar refractivity (Wildman–Crippen MR) is 106 cm³/mol. The minimum atomic E-state index is -1.14. The average molecular weight is 396 g/mol. The molecule has 0 spiro atoms. The van der Waals surface area contributed by atoms with Crippen LogP contribution in [0.3, 0.4) is 0 Å². The van der Waals surface area contributed by atoms with Gasteiger partial charge in [0.15, 0.2) is 0 Å². The van der Waals surface area contributed by atoms with Gasteiger partial charge < -0.3 is 21.1 Å². The highest BCUT2D eigenvalue weighted by Gasteiger charge is 2.38. The second kappa shape index (κ2) is 9.04. The fraction of sp³-hybridized carbons (Fsp3) is 0.600. The Morgan fingerprint density at radius 1 is 1.33 bits per heavy atom. The van der Waals surface area contributed by atoms with E-state index >= 15 is 0 Å². The highest BCUT2D eigenvalue weighted by atomic mass is 35.5. The third kappa shape index (κ3) is 5.43. The first-order valence-corrected chi connectivity index (χ1v) is 9.76. The lowest BCUT2D eigenvalue weighted by Crippen LogP contribution is -2.56. The fourth-order valence-electron chi connectivity index (χ4n) is 3.25. The van der Waals surface area contributed by atoms with E-state index in [1.807, 2.05) is 26.8 Å². The lowest BCUT2D eigenvalue weighted by atomic mass is 9.87. The largest absolute Gasteiger partial charge is 0.383 e. The Hall–Kier alpha value is -1.63. The van der Waals surface area contributed by atoms with Crippen LogP contribution in [0.25, 0.3) is 0 Å². The molecular weight excluding hydrogens is 366 g/mol. The second-order valence-corrected chi connectivity index (χ2v) is 8.58. The van der Waals surface area contributed by atoms with Crippen molar-refractivity contribution in [1.29, 1.82) is 0 Å². The number of carbonyl (C=O) groups is 2. The molecule has 1 unspecified atom stereocenters. The quantitative estimate of drug-likeness (QED) is 0.712. The van der Waals surface area contributed by atoms with Gasteiger partial charge >= 0.3 is 0 Å². The van der Waals surface area contributed by atoms with Crippen molar-refractivity contribution in [2.45, 2.75) is 65.3 Å². The van der Waals surface area contributed by atoms with Gasteiger partial charge in [0, 0.05) is 24.7 Å². The van der Waals surface area contributed by atoms with Crippen molar-refractivity contribution in [2.24, 2.45) is 11.1 Å². The number of carbonyl (C=O) groups excluding carboxylic acids is 2. The van der Waals surface area contributed by atoms with Crippen molar-refractivity contribution in [3.8, 4) is 0 Å². The van der Waals surface area contributed by atoms with Gasteiger partial charge in [-0.2, -0.15) is 0 Å². The normalized spacial score (nSPS) is 18.9. The van der Waals surface area contributed by atoms with E-state index in [1.165, 1.54) is 4.90 Å². The third-order valence-electron chi connectivity index (χ3n) is 4.98. The number of benzene rings is 1. The van der Waals surface area contributed by atoms with Crippen molar-refractivity contribution in [3.05, 3.63) is 34.3 Å². The summed E-state index contributed by atoms with van der Waals surface area (Å²) < 4.78 is 0. The van der Waals surface area contributed by atoms with Crippen LogP contribution in [-0.4, -0.2) is 40.5 Å². The van der Waals surface area contributed by atoms with Crippen LogP contribution in [0.15, 0.2) is 18.2 Å². The number of nitrogens with one attached hydrogen (secondary N) is 1. The van der Waals surface area contributed by atoms with E-state index in [4.69, 9.17) is 17.3 Å². The second-order valence-electron chi connectivity index (χ2n) is 8.15. The number of piperidine rings is 1. The van der Waals surface area contributed by atoms with Gasteiger partial charge in [-0.25, -0.2) is 0 Å². The number of amides is 2. The van der Waals surface area contributed by atoms with Crippen LogP contribution < -0.4 is 11.1 Å². The van der Waals surface area contributed by atoms with Crippen LogP contribution in [0.5, 0.6) is 0 Å². The molecule has 6 nitrogen and oxygen atoms in total. The molecule has 1 aliphatic rings. The zero-order valence-corrected chi connectivity index (χ0v) is 17.1. The van der Waals surface area contributed by atoms with E-state index in [1.54, 1.807) is 12.1 Å². The minimum Gasteiger partial charge on any atom is -0.383 e. The van der Waals surface area contributed by atoms with Crippen LogP contribution in [0.4, 0.5) is 0 Å². The standard InChI is InChI=1S/C20H30ClN3O3/c1-20(2,3)17(25)19(27)24-9-5-4-6-16(24)18(26)23-12-14-10-15(21)8-7-13(14)11-22/h7-8,10,16-17,25H,4-6,9,11-12,22H2,1-3H3,(H,23,26)/t16?,17-/m0/s1. The maximum absolute atomic E-state index is 12.8. The van der Waals surface area contributed by atoms with Gasteiger partial charge in [-0.3, -0.25) is 9.59 Å². The van der Waals surface area contributed by atoms with Crippen LogP contribution in [0, 0.1) is 5.41 Å². The molecule has 0 aromatic heterocycles. The highest BCUT2D eigenvalue weighted by molar-refractivity contribution is 6.30. The molecule has 27 heavy (non-hydrogen) atoms. The molecule has 1 aromatic carbocycles. The SMILES string of the molecule is CC(C)(C)[C@@H](O)C(=O)N1CCCCC1C(=O)NCc1cc(Cl)ccc1CN. The van der Waals surface area contributed by atoms with Gasteiger partial charge in [0.2, 0.25) is 5.91 Å². The monoisotopic (exact) mass is 395 g/mol. The summed E-state index contributed by atoms with van der Waals surface area (Å²) >= 11 is 6.05. The molecule has 0 aliphatic carbocycles. The van der Waals surface area contributed by atoms with Crippen LogP contribution in [0.2, 0.25) is 5.02 Å². The summed E-state index contributed by atoms with van der Waals surface area (Å²) in [4.78, 5) is 27.1. The van der Waals surface area contributed by atoms with E-state index < -0.39 is 17.6 Å². The Labute approximate surface area is 166 Å². The number of nitrogens with zero attached hydrogens (tertiary/aromatic N) is 1. The molecule has 0 saturated carbocycles. The Morgan fingerprint density at radius 2 is 2.04 bits per heavy atom. The van der Waals surface area contributed by atoms with Crippen molar-refractivity contribution >= 4 is 23.4 Å². The zero-order chi connectivity index (χ0) is 20.2. The van der Waals surface area contributed by atoms with Gasteiger partial charge in [0.25, 0.3) is 5.91 Å². The summed E-state index contributed by atoms with van der Waals surface area (Å²) in [5.41, 5.74) is 6.95. The molecule has 0 radical (unpaired) electrons. The van der Waals surface area contributed by atoms with Crippen molar-refractivity contribution < 1.29 is 14.7 Å². The number of aliphatic hydroxyl groups excluding tert-OH is 1. The van der Waals surface area contributed by atoms with Gasteiger partial charge in [0.05, 0.1) is 0 Å². The number of hydrogen-bond acceptors (Lipinski definition) is 4. The van der Waals surface area contributed by atoms with Gasteiger partial charge in [-0.05, 0) is 47.9 Å². The molecule has 4 N–H and O–H groups in total. The summed E-state index contributed by atoms with van der Waals surface area (Å²) in [6, 6.07) is 4.84. The molecule has 1 heterocycles. The fourth-order valence-corrected chi connectivity index (χ4v) is 3.45. The van der Waals surface area contributed by atoms with Crippen LogP contribution >= 0.6 is 11.6 Å². The Kier molecular flexibility index (Phi) is 7.25. The maximum atomic E-state index is 12.8. The molecule has 2 rings (SSSR count). The number of aliphatic hydroxyl groups is 1. The number of halogens is 1. The van der Waals surface area contributed by atoms with E-state index in [2.05, 4.69) is 5.32 Å². The number of rotatable bonds is 5. The minimum absolute atomic E-state index is 0.216. The highest BCUT2D eigenvalue weighted by Crippen LogP contribution is 2.25. The predicted octanol–water partition coefficient (Wildman–Crippen LogP) is 2.20. The Bertz CT molecular complexity index is 688. The van der Waals surface area contributed by atoms with Crippen molar-refractivity contribution in [3.63, 3.8) is 0 Å². The van der Waals surface area contributed by atoms with Crippen molar-refractivity contribution in [1.82, 2.24) is 10.2 Å². The molecule has 7 heteroatoms. The smallest absolute Gasteiger partial charge is 0.252 e. The number of likely N-dealkylation sites (tertiary alicyclic amines) is 1. The van der Waals surface area contributed by atoms with E-state index in [-0.39, 0.29) is 11.8 Å². The molecule has 0 bridgehead atoms. The van der Waals surface area contributed by atoms with E-state index in [0.717, 1.165) is 24.0 Å². The first kappa shape index (κ1) is 21.7. The number of nitrogens with two attached hydrogens (primary N) is 1. The van der Waals surface area contributed by atoms with Gasteiger partial charge in [0.1, 0.15) is 12.1 Å². The third-order valence-corrected chi connectivity index (χ3v) is 5.22. The van der Waals surface area contributed by atoms with Crippen LogP contribution in [-0.2, 0) is 22.7 Å². The zero-order valence-electron chi connectivity index (χ0n) is 16.3. The molecule has 1 saturated heterocycles. The topological polar surface area (TPSA) is 95.7 Å². The van der Waals surface area contributed by atoms with Gasteiger partial charge in [-0.1, -0.05) is 38.4 Å². The van der Waals surface area contributed by atoms with E-state index in [9.17, 15) is 14.7 Å². The summed E-state index contributed by atoms with van der Waals surface area (Å²) in [7, 11) is 0. The maximum Gasteiger partial charge on any atom is 0.252 e. The van der Waals surface area contributed by atoms with Crippen molar-refractivity contribution in [2.75, 3.05) is 6.54 Å². The lowest BCUT2D eigenvalue weighted by Gasteiger charge is -2.38. The Balaban J connectivity index is 2.09.